The number of pyridine rings is 1. The van der Waals surface area contributed by atoms with E-state index in [9.17, 15) is 9.90 Å². The van der Waals surface area contributed by atoms with Crippen molar-refractivity contribution in [3.8, 4) is 0 Å². The molecule has 2 aromatic heterocycles. The third kappa shape index (κ3) is 1.47. The smallest absolute Gasteiger partial charge is 0.339 e. The third-order valence-corrected chi connectivity index (χ3v) is 4.66. The molecule has 1 aliphatic carbocycles. The minimum Gasteiger partial charge on any atom is -0.478 e. The maximum Gasteiger partial charge on any atom is 0.339 e. The Morgan fingerprint density at radius 2 is 2.25 bits per heavy atom. The number of aromatic nitrogens is 3. The molecule has 104 valence electrons. The lowest BCUT2D eigenvalue weighted by atomic mass is 10.1. The molecule has 1 saturated heterocycles. The van der Waals surface area contributed by atoms with E-state index < -0.39 is 5.97 Å². The lowest BCUT2D eigenvalue weighted by molar-refractivity contribution is 0.0697. The summed E-state index contributed by atoms with van der Waals surface area (Å²) in [5, 5.41) is 14.5. The van der Waals surface area contributed by atoms with Crippen LogP contribution in [0.4, 0.5) is 5.69 Å². The second kappa shape index (κ2) is 3.94. The molecular weight excluding hydrogens is 256 g/mol. The van der Waals surface area contributed by atoms with E-state index in [1.54, 1.807) is 10.9 Å². The molecule has 0 spiro atoms. The molecule has 6 heteroatoms. The molecule has 3 heterocycles. The molecule has 0 aromatic carbocycles. The number of aromatic carboxylic acids is 1. The van der Waals surface area contributed by atoms with Crippen molar-refractivity contribution in [2.75, 3.05) is 11.4 Å². The average molecular weight is 272 g/mol. The van der Waals surface area contributed by atoms with Gasteiger partial charge in [0.1, 0.15) is 5.56 Å². The van der Waals surface area contributed by atoms with Gasteiger partial charge in [-0.3, -0.25) is 4.68 Å². The summed E-state index contributed by atoms with van der Waals surface area (Å²) in [6.45, 7) is 0.957. The Morgan fingerprint density at radius 1 is 1.40 bits per heavy atom. The van der Waals surface area contributed by atoms with Gasteiger partial charge in [-0.25, -0.2) is 9.78 Å². The molecule has 0 amide bonds. The maximum atomic E-state index is 11.5. The van der Waals surface area contributed by atoms with Gasteiger partial charge in [-0.2, -0.15) is 5.10 Å². The van der Waals surface area contributed by atoms with Gasteiger partial charge in [0, 0.05) is 25.8 Å². The van der Waals surface area contributed by atoms with Crippen molar-refractivity contribution in [1.82, 2.24) is 14.8 Å². The first kappa shape index (κ1) is 11.7. The van der Waals surface area contributed by atoms with Gasteiger partial charge in [-0.1, -0.05) is 0 Å². The molecule has 4 rings (SSSR count). The van der Waals surface area contributed by atoms with Crippen molar-refractivity contribution < 1.29 is 9.90 Å². The number of carbonyl (C=O) groups is 1. The number of aryl methyl sites for hydroxylation is 1. The quantitative estimate of drug-likeness (QED) is 0.900. The number of hydrogen-bond acceptors (Lipinski definition) is 4. The average Bonchev–Trinajstić information content (AvgIpc) is 3.13. The van der Waals surface area contributed by atoms with Crippen molar-refractivity contribution in [3.05, 3.63) is 18.0 Å². The number of hydrogen-bond donors (Lipinski definition) is 1. The van der Waals surface area contributed by atoms with Gasteiger partial charge in [0.2, 0.25) is 0 Å². The minimum absolute atomic E-state index is 0.290. The maximum absolute atomic E-state index is 11.5. The summed E-state index contributed by atoms with van der Waals surface area (Å²) in [6.07, 6.45) is 6.81. The highest BCUT2D eigenvalue weighted by molar-refractivity contribution is 6.04. The molecule has 1 saturated carbocycles. The van der Waals surface area contributed by atoms with Crippen LogP contribution < -0.4 is 4.90 Å². The molecule has 2 aliphatic rings. The molecular formula is C14H16N4O2. The normalized spacial score (nSPS) is 24.8. The zero-order valence-electron chi connectivity index (χ0n) is 11.3. The Morgan fingerprint density at radius 3 is 2.90 bits per heavy atom. The van der Waals surface area contributed by atoms with Crippen LogP contribution in [-0.4, -0.2) is 38.4 Å². The van der Waals surface area contributed by atoms with Crippen molar-refractivity contribution in [2.24, 2.45) is 13.0 Å². The van der Waals surface area contributed by atoms with Gasteiger partial charge in [0.15, 0.2) is 5.65 Å². The van der Waals surface area contributed by atoms with Crippen LogP contribution in [0.25, 0.3) is 11.0 Å². The molecule has 6 nitrogen and oxygen atoms in total. The van der Waals surface area contributed by atoms with E-state index in [-0.39, 0.29) is 5.56 Å². The highest BCUT2D eigenvalue weighted by Gasteiger charge is 2.40. The summed E-state index contributed by atoms with van der Waals surface area (Å²) < 4.78 is 1.69. The van der Waals surface area contributed by atoms with E-state index in [1.165, 1.54) is 19.0 Å². The van der Waals surface area contributed by atoms with Gasteiger partial charge < -0.3 is 10.0 Å². The monoisotopic (exact) mass is 272 g/mol. The van der Waals surface area contributed by atoms with Crippen LogP contribution in [0, 0.1) is 5.92 Å². The Kier molecular flexibility index (Phi) is 2.31. The molecule has 2 aromatic rings. The highest BCUT2D eigenvalue weighted by Crippen LogP contribution is 2.43. The first-order valence-electron chi connectivity index (χ1n) is 6.96. The first-order chi connectivity index (χ1) is 9.65. The van der Waals surface area contributed by atoms with Crippen molar-refractivity contribution >= 4 is 22.7 Å². The second-order valence-electron chi connectivity index (χ2n) is 5.82. The zero-order chi connectivity index (χ0) is 13.9. The number of rotatable bonds is 2. The number of nitrogens with zero attached hydrogens (tertiary/aromatic N) is 4. The van der Waals surface area contributed by atoms with Gasteiger partial charge >= 0.3 is 5.97 Å². The topological polar surface area (TPSA) is 71.2 Å². The van der Waals surface area contributed by atoms with Crippen molar-refractivity contribution in [2.45, 2.75) is 25.3 Å². The summed E-state index contributed by atoms with van der Waals surface area (Å²) in [5.74, 6) is -0.206. The van der Waals surface area contributed by atoms with Gasteiger partial charge in [-0.05, 0) is 25.2 Å². The molecule has 2 atom stereocenters. The summed E-state index contributed by atoms with van der Waals surface area (Å²) >= 11 is 0. The molecule has 1 aliphatic heterocycles. The number of carboxylic acids is 1. The predicted octanol–water partition coefficient (Wildman–Crippen LogP) is 1.66. The summed E-state index contributed by atoms with van der Waals surface area (Å²) in [5.41, 5.74) is 1.84. The standard InChI is InChI=1S/C14H16N4O2/c1-17-13-10(6-16-17)12(11(5-15-13)14(19)20)18-7-8-2-3-9(18)4-8/h5-6,8-9H,2-4,7H2,1H3,(H,19,20). The van der Waals surface area contributed by atoms with Crippen LogP contribution in [0.1, 0.15) is 29.6 Å². The SMILES string of the molecule is Cn1ncc2c(N3CC4CCC3C4)c(C(=O)O)cnc21. The number of fused-ring (bicyclic) bond motifs is 3. The first-order valence-corrected chi connectivity index (χ1v) is 6.96. The van der Waals surface area contributed by atoms with Crippen LogP contribution in [0.2, 0.25) is 0 Å². The number of carboxylic acid groups (broad SMARTS) is 1. The van der Waals surface area contributed by atoms with Crippen LogP contribution >= 0.6 is 0 Å². The van der Waals surface area contributed by atoms with Gasteiger partial charge in [0.25, 0.3) is 0 Å². The van der Waals surface area contributed by atoms with E-state index in [0.717, 1.165) is 29.7 Å². The van der Waals surface area contributed by atoms with E-state index in [1.807, 2.05) is 7.05 Å². The Bertz CT molecular complexity index is 709. The van der Waals surface area contributed by atoms with E-state index >= 15 is 0 Å². The molecule has 1 N–H and O–H groups in total. The highest BCUT2D eigenvalue weighted by atomic mass is 16.4. The predicted molar refractivity (Wildman–Crippen MR) is 73.9 cm³/mol. The largest absolute Gasteiger partial charge is 0.478 e. The van der Waals surface area contributed by atoms with Gasteiger partial charge in [-0.15, -0.1) is 0 Å². The van der Waals surface area contributed by atoms with Crippen molar-refractivity contribution in [3.63, 3.8) is 0 Å². The fraction of sp³-hybridized carbons (Fsp3) is 0.500. The number of piperidine rings is 1. The van der Waals surface area contributed by atoms with Crippen LogP contribution in [0.5, 0.6) is 0 Å². The Balaban J connectivity index is 1.95. The van der Waals surface area contributed by atoms with E-state index in [0.29, 0.717) is 12.0 Å². The van der Waals surface area contributed by atoms with Crippen LogP contribution in [0.15, 0.2) is 12.4 Å². The lowest BCUT2D eigenvalue weighted by Gasteiger charge is -2.30. The van der Waals surface area contributed by atoms with Crippen LogP contribution in [-0.2, 0) is 7.05 Å². The lowest BCUT2D eigenvalue weighted by Crippen LogP contribution is -2.33. The Hall–Kier alpha value is -2.11. The zero-order valence-corrected chi connectivity index (χ0v) is 11.3. The summed E-state index contributed by atoms with van der Waals surface area (Å²) in [7, 11) is 1.83. The number of anilines is 1. The summed E-state index contributed by atoms with van der Waals surface area (Å²) in [6, 6.07) is 0.476. The van der Waals surface area contributed by atoms with Crippen molar-refractivity contribution in [1.29, 1.82) is 0 Å². The molecule has 0 radical (unpaired) electrons. The molecule has 20 heavy (non-hydrogen) atoms. The third-order valence-electron chi connectivity index (χ3n) is 4.66. The molecule has 2 fully saturated rings. The molecule has 2 unspecified atom stereocenters. The summed E-state index contributed by atoms with van der Waals surface area (Å²) in [4.78, 5) is 18.1. The minimum atomic E-state index is -0.916. The fourth-order valence-electron chi connectivity index (χ4n) is 3.75. The van der Waals surface area contributed by atoms with E-state index in [4.69, 9.17) is 0 Å². The fourth-order valence-corrected chi connectivity index (χ4v) is 3.75. The van der Waals surface area contributed by atoms with Gasteiger partial charge in [0.05, 0.1) is 17.3 Å². The second-order valence-corrected chi connectivity index (χ2v) is 5.82. The molecule has 2 bridgehead atoms. The van der Waals surface area contributed by atoms with E-state index in [2.05, 4.69) is 15.0 Å². The van der Waals surface area contributed by atoms with Crippen LogP contribution in [0.3, 0.4) is 0 Å². The Labute approximate surface area is 116 Å².